The van der Waals surface area contributed by atoms with Crippen molar-refractivity contribution in [1.29, 1.82) is 0 Å². The maximum absolute atomic E-state index is 5.74. The Hall–Kier alpha value is -0.943. The van der Waals surface area contributed by atoms with Gasteiger partial charge in [-0.1, -0.05) is 36.4 Å². The van der Waals surface area contributed by atoms with E-state index in [9.17, 15) is 0 Å². The largest absolute Gasteiger partial charge is 0.529 e. The lowest BCUT2D eigenvalue weighted by Gasteiger charge is -2.25. The van der Waals surface area contributed by atoms with Crippen molar-refractivity contribution in [2.24, 2.45) is 0 Å². The van der Waals surface area contributed by atoms with Gasteiger partial charge in [-0.25, -0.2) is 0 Å². The first-order valence-corrected chi connectivity index (χ1v) is 8.22. The van der Waals surface area contributed by atoms with Crippen LogP contribution in [0.2, 0.25) is 0 Å². The molecule has 0 aliphatic heterocycles. The van der Waals surface area contributed by atoms with Crippen molar-refractivity contribution in [3.8, 4) is 0 Å². The normalized spacial score (nSPS) is 12.2. The van der Waals surface area contributed by atoms with E-state index in [1.54, 1.807) is 0 Å². The van der Waals surface area contributed by atoms with Gasteiger partial charge in [0.15, 0.2) is 0 Å². The van der Waals surface area contributed by atoms with E-state index in [1.807, 2.05) is 62.9 Å². The molecule has 0 spiro atoms. The summed E-state index contributed by atoms with van der Waals surface area (Å²) in [6, 6.07) is 10.1. The van der Waals surface area contributed by atoms with Gasteiger partial charge in [0, 0.05) is 19.8 Å². The summed E-state index contributed by atoms with van der Waals surface area (Å²) < 4.78 is 17.2. The zero-order valence-corrected chi connectivity index (χ0v) is 12.4. The van der Waals surface area contributed by atoms with Crippen molar-refractivity contribution in [1.82, 2.24) is 0 Å². The van der Waals surface area contributed by atoms with Crippen LogP contribution in [0.1, 0.15) is 26.3 Å². The molecule has 4 heteroatoms. The van der Waals surface area contributed by atoms with Gasteiger partial charge in [-0.05, 0) is 32.0 Å². The van der Waals surface area contributed by atoms with Crippen LogP contribution >= 0.6 is 0 Å². The van der Waals surface area contributed by atoms with E-state index in [-0.39, 0.29) is 0 Å². The maximum atomic E-state index is 5.74. The molecule has 1 aromatic rings. The Morgan fingerprint density at radius 2 is 1.39 bits per heavy atom. The molecule has 0 radical (unpaired) electrons. The Bertz CT molecular complexity index is 334. The first kappa shape index (κ1) is 15.1. The highest BCUT2D eigenvalue weighted by Gasteiger charge is 2.37. The molecule has 1 aromatic carbocycles. The van der Waals surface area contributed by atoms with Crippen LogP contribution < -0.4 is 0 Å². The molecule has 0 aliphatic carbocycles. The zero-order chi connectivity index (χ0) is 13.3. The topological polar surface area (TPSA) is 27.7 Å². The summed E-state index contributed by atoms with van der Waals surface area (Å²) in [6.07, 6.45) is 2.01. The van der Waals surface area contributed by atoms with Crippen molar-refractivity contribution in [2.45, 2.75) is 20.8 Å². The van der Waals surface area contributed by atoms with Gasteiger partial charge >= 0.3 is 8.80 Å². The van der Waals surface area contributed by atoms with Gasteiger partial charge in [0.1, 0.15) is 0 Å². The Balaban J connectivity index is 2.84. The number of hydrogen-bond acceptors (Lipinski definition) is 3. The fourth-order valence-electron chi connectivity index (χ4n) is 1.64. The average Bonchev–Trinajstić information content (AvgIpc) is 2.39. The summed E-state index contributed by atoms with van der Waals surface area (Å²) in [5.74, 6) is 0. The Morgan fingerprint density at radius 3 is 1.83 bits per heavy atom. The number of benzene rings is 1. The summed E-state index contributed by atoms with van der Waals surface area (Å²) in [7, 11) is -2.66. The van der Waals surface area contributed by atoms with E-state index < -0.39 is 8.80 Å². The lowest BCUT2D eigenvalue weighted by Crippen LogP contribution is -2.44. The summed E-state index contributed by atoms with van der Waals surface area (Å²) >= 11 is 0. The van der Waals surface area contributed by atoms with Crippen molar-refractivity contribution in [3.63, 3.8) is 0 Å². The average molecular weight is 266 g/mol. The molecule has 0 atom stereocenters. The molecular weight excluding hydrogens is 244 g/mol. The highest BCUT2D eigenvalue weighted by atomic mass is 28.4. The Labute approximate surface area is 111 Å². The van der Waals surface area contributed by atoms with Crippen LogP contribution in [0, 0.1) is 0 Å². The van der Waals surface area contributed by atoms with Crippen molar-refractivity contribution in [3.05, 3.63) is 41.6 Å². The van der Waals surface area contributed by atoms with Crippen LogP contribution in [-0.4, -0.2) is 28.6 Å². The predicted molar refractivity (Wildman–Crippen MR) is 76.1 cm³/mol. The zero-order valence-electron chi connectivity index (χ0n) is 11.4. The molecule has 0 aromatic heterocycles. The molecule has 0 N–H and O–H groups in total. The minimum Gasteiger partial charge on any atom is -0.371 e. The third-order valence-corrected chi connectivity index (χ3v) is 4.96. The Morgan fingerprint density at radius 1 is 0.889 bits per heavy atom. The fraction of sp³-hybridized carbons (Fsp3) is 0.429. The lowest BCUT2D eigenvalue weighted by atomic mass is 10.2. The minimum atomic E-state index is -2.66. The SMILES string of the molecule is CCO[Si](/C=C/c1ccccc1)(OCC)OCC. The van der Waals surface area contributed by atoms with Gasteiger partial charge in [0.25, 0.3) is 0 Å². The molecule has 100 valence electrons. The molecule has 0 aliphatic rings. The van der Waals surface area contributed by atoms with Crippen molar-refractivity contribution < 1.29 is 13.3 Å². The van der Waals surface area contributed by atoms with E-state index in [1.165, 1.54) is 0 Å². The van der Waals surface area contributed by atoms with Crippen molar-refractivity contribution >= 4 is 14.9 Å². The summed E-state index contributed by atoms with van der Waals surface area (Å²) in [5, 5.41) is 0. The second-order valence-electron chi connectivity index (χ2n) is 3.65. The van der Waals surface area contributed by atoms with E-state index >= 15 is 0 Å². The Kier molecular flexibility index (Phi) is 6.89. The first-order valence-electron chi connectivity index (χ1n) is 6.42. The standard InChI is InChI=1S/C14H22O3Si/c1-4-15-18(16-5-2,17-6-3)13-12-14-10-8-7-9-11-14/h7-13H,4-6H2,1-3H3/b13-12+. The fourth-order valence-corrected chi connectivity index (χ4v) is 3.78. The molecule has 0 bridgehead atoms. The van der Waals surface area contributed by atoms with Crippen molar-refractivity contribution in [2.75, 3.05) is 19.8 Å². The lowest BCUT2D eigenvalue weighted by molar-refractivity contribution is 0.0845. The summed E-state index contributed by atoms with van der Waals surface area (Å²) in [5.41, 5.74) is 3.08. The molecule has 0 fully saturated rings. The molecule has 0 saturated carbocycles. The van der Waals surface area contributed by atoms with Gasteiger partial charge in [-0.2, -0.15) is 0 Å². The monoisotopic (exact) mass is 266 g/mol. The second kappa shape index (κ2) is 8.21. The number of rotatable bonds is 8. The van der Waals surface area contributed by atoms with E-state index in [0.717, 1.165) is 5.56 Å². The maximum Gasteiger partial charge on any atom is 0.529 e. The van der Waals surface area contributed by atoms with Crippen LogP contribution in [0.3, 0.4) is 0 Å². The molecule has 0 heterocycles. The summed E-state index contributed by atoms with van der Waals surface area (Å²) in [4.78, 5) is 0. The second-order valence-corrected chi connectivity index (χ2v) is 6.05. The van der Waals surface area contributed by atoms with Crippen LogP contribution in [0.15, 0.2) is 36.0 Å². The van der Waals surface area contributed by atoms with Gasteiger partial charge in [0.2, 0.25) is 0 Å². The van der Waals surface area contributed by atoms with Gasteiger partial charge < -0.3 is 13.3 Å². The first-order chi connectivity index (χ1) is 8.76. The molecule has 0 amide bonds. The third-order valence-electron chi connectivity index (χ3n) is 2.32. The van der Waals surface area contributed by atoms with Gasteiger partial charge in [-0.3, -0.25) is 0 Å². The highest BCUT2D eigenvalue weighted by Crippen LogP contribution is 2.14. The van der Waals surface area contributed by atoms with E-state index in [4.69, 9.17) is 13.3 Å². The molecule has 1 rings (SSSR count). The van der Waals surface area contributed by atoms with Crippen LogP contribution in [-0.2, 0) is 13.3 Å². The minimum absolute atomic E-state index is 0.589. The van der Waals surface area contributed by atoms with Crippen LogP contribution in [0.5, 0.6) is 0 Å². The predicted octanol–water partition coefficient (Wildman–Crippen LogP) is 3.29. The van der Waals surface area contributed by atoms with E-state index in [2.05, 4.69) is 0 Å². The molecule has 0 saturated heterocycles. The summed E-state index contributed by atoms with van der Waals surface area (Å²) in [6.45, 7) is 7.63. The molecule has 3 nitrogen and oxygen atoms in total. The van der Waals surface area contributed by atoms with Gasteiger partial charge in [0.05, 0.1) is 0 Å². The third kappa shape index (κ3) is 4.74. The molecule has 18 heavy (non-hydrogen) atoms. The van der Waals surface area contributed by atoms with E-state index in [0.29, 0.717) is 19.8 Å². The smallest absolute Gasteiger partial charge is 0.371 e. The highest BCUT2D eigenvalue weighted by molar-refractivity contribution is 6.67. The molecule has 0 unspecified atom stereocenters. The van der Waals surface area contributed by atoms with Gasteiger partial charge in [-0.15, -0.1) is 0 Å². The molecular formula is C14H22O3Si. The quantitative estimate of drug-likeness (QED) is 0.676. The number of hydrogen-bond donors (Lipinski definition) is 0. The van der Waals surface area contributed by atoms with Crippen LogP contribution in [0.25, 0.3) is 6.08 Å². The van der Waals surface area contributed by atoms with Crippen LogP contribution in [0.4, 0.5) is 0 Å².